The average molecular weight is 1700 g/mol. The van der Waals surface area contributed by atoms with Crippen LogP contribution in [0.3, 0.4) is 0 Å². The van der Waals surface area contributed by atoms with Gasteiger partial charge in [-0.25, -0.2) is 0 Å². The van der Waals surface area contributed by atoms with Crippen LogP contribution in [0.25, 0.3) is 0 Å². The Labute approximate surface area is 686 Å². The van der Waals surface area contributed by atoms with Gasteiger partial charge in [-0.2, -0.15) is 0 Å². The lowest BCUT2D eigenvalue weighted by molar-refractivity contribution is -0.284. The van der Waals surface area contributed by atoms with Crippen LogP contribution in [0.1, 0.15) is 150 Å². The Hall–Kier alpha value is -5.50. The highest BCUT2D eigenvalue weighted by Crippen LogP contribution is 2.36. The summed E-state index contributed by atoms with van der Waals surface area (Å²) in [6.07, 6.45) is -21.4. The van der Waals surface area contributed by atoms with Crippen LogP contribution in [0, 0.1) is 29.6 Å². The maximum absolute atomic E-state index is 14.8. The van der Waals surface area contributed by atoms with Crippen LogP contribution in [0.15, 0.2) is 0 Å². The molecule has 4 saturated heterocycles. The first-order chi connectivity index (χ1) is 56.4. The fourth-order valence-corrected chi connectivity index (χ4v) is 14.5. The first-order valence-electron chi connectivity index (χ1n) is 41.1. The number of rotatable bonds is 59. The van der Waals surface area contributed by atoms with E-state index < -0.39 is 233 Å². The number of nitrogens with one attached hydrogen (secondary N) is 6. The zero-order valence-corrected chi connectivity index (χ0v) is 68.3. The van der Waals surface area contributed by atoms with Crippen molar-refractivity contribution in [2.45, 2.75) is 279 Å². The molecule has 5 rings (SSSR count). The second-order valence-corrected chi connectivity index (χ2v) is 30.7. The average Bonchev–Trinajstić information content (AvgIpc) is 1.55. The van der Waals surface area contributed by atoms with E-state index in [1.807, 2.05) is 6.92 Å². The van der Waals surface area contributed by atoms with Gasteiger partial charge in [-0.1, -0.05) is 27.2 Å². The van der Waals surface area contributed by atoms with Crippen LogP contribution >= 0.6 is 0 Å². The molecule has 41 heteroatoms. The number of hydrogen-bond acceptors (Lipinski definition) is 35. The molecule has 1 saturated carbocycles. The molecule has 0 radical (unpaired) electrons. The first kappa shape index (κ1) is 103. The molecule has 0 aromatic heterocycles. The summed E-state index contributed by atoms with van der Waals surface area (Å²) in [6.45, 7) is 4.14. The summed E-state index contributed by atoms with van der Waals surface area (Å²) in [4.78, 5) is 135. The van der Waals surface area contributed by atoms with Gasteiger partial charge in [0, 0.05) is 116 Å². The third-order valence-electron chi connectivity index (χ3n) is 21.5. The summed E-state index contributed by atoms with van der Waals surface area (Å²) >= 11 is 0. The summed E-state index contributed by atoms with van der Waals surface area (Å²) in [5.41, 5.74) is 0. The molecule has 5 fully saturated rings. The Morgan fingerprint density at radius 3 is 1.31 bits per heavy atom. The third kappa shape index (κ3) is 35.4. The number of carbonyl (C=O) groups excluding carboxylic acids is 10. The molecule has 7 unspecified atom stereocenters. The molecule has 118 heavy (non-hydrogen) atoms. The van der Waals surface area contributed by atoms with E-state index in [0.29, 0.717) is 12.8 Å². The summed E-state index contributed by atoms with van der Waals surface area (Å²) in [5, 5.41) is 148. The van der Waals surface area contributed by atoms with Gasteiger partial charge in [0.05, 0.1) is 117 Å². The molecule has 5 aliphatic rings. The summed E-state index contributed by atoms with van der Waals surface area (Å²) in [7, 11) is 0. The Kier molecular flexibility index (Phi) is 48.5. The van der Waals surface area contributed by atoms with Crippen molar-refractivity contribution in [3.63, 3.8) is 0 Å². The number of hydrogen-bond donors (Lipinski definition) is 19. The Balaban J connectivity index is 1.27. The monoisotopic (exact) mass is 1700 g/mol. The van der Waals surface area contributed by atoms with Gasteiger partial charge in [-0.3, -0.25) is 47.9 Å². The second kappa shape index (κ2) is 55.6. The number of aliphatic hydroxyl groups is 13. The third-order valence-corrected chi connectivity index (χ3v) is 21.5. The molecule has 26 atom stereocenters. The van der Waals surface area contributed by atoms with Crippen molar-refractivity contribution < 1.29 is 171 Å². The van der Waals surface area contributed by atoms with E-state index in [2.05, 4.69) is 31.9 Å². The van der Waals surface area contributed by atoms with Crippen molar-refractivity contribution in [2.24, 2.45) is 29.6 Å². The lowest BCUT2D eigenvalue weighted by Crippen LogP contribution is -2.64. The minimum absolute atomic E-state index is 0.0000452. The van der Waals surface area contributed by atoms with Gasteiger partial charge in [0.2, 0.25) is 35.4 Å². The van der Waals surface area contributed by atoms with Crippen LogP contribution < -0.4 is 31.9 Å². The van der Waals surface area contributed by atoms with E-state index >= 15 is 0 Å². The van der Waals surface area contributed by atoms with Crippen molar-refractivity contribution in [1.82, 2.24) is 31.9 Å². The molecule has 6 amide bonds. The van der Waals surface area contributed by atoms with Gasteiger partial charge in [-0.05, 0) is 63.2 Å². The van der Waals surface area contributed by atoms with E-state index in [0.717, 1.165) is 6.42 Å². The lowest BCUT2D eigenvalue weighted by atomic mass is 9.92. The molecule has 41 nitrogen and oxygen atoms in total. The number of ketones is 4. The largest absolute Gasteiger partial charge is 0.394 e. The number of amides is 6. The molecule has 0 aromatic rings. The van der Waals surface area contributed by atoms with Gasteiger partial charge < -0.3 is 155 Å². The molecule has 1 aliphatic carbocycles. The topological polar surface area (TPSA) is 617 Å². The number of Topliss-reactive ketones (excluding diaryl/α,β-unsaturated/α-hetero) is 4. The molecule has 0 bridgehead atoms. The van der Waals surface area contributed by atoms with E-state index in [1.165, 1.54) is 13.8 Å². The standard InChI is InChI=1S/C77H132N6O35/c1-6-46-34-48(55(94)35-46)37-51(92)11-7-10-50(91)36-47(72(105)83-53(73(106)79-21-25-110-28-31-112-75-43(3)65(98)67(100)57(39-85)116-75)16-15-49(90)12-8-22-107-26-30-111-74-42(2)64(97)66(99)56(38-84)115-74)14-18-61(96)82-52(54(93)13-9-23-108-27-32-113-76-62(80-44(4)88)70(103)68(101)58(40-86)117-76)17-19-60(95)78-20-24-109-29-33-114-77-63(81-45(5)89)71(104)69(102)59(41-87)118-77/h42-43,46-48,52-53,55-59,62-71,74-77,84-87,94,97-104H,6-41H2,1-5H3,(H,78,95)(H,79,106)(H,80,88)(H,81,89)(H,82,96)(H,83,105)/t42-,43-,46?,47+,48?,52-,53-,55?,56-,57-,58-,59-,62-,63-,64-,65-,66+,67+,68+,69+,70-,71-,74?,75?,76?,77?/m1/s1. The normalized spacial score (nSPS) is 30.5. The molecule has 0 aromatic carbocycles. The number of aliphatic hydroxyl groups excluding tert-OH is 13. The fraction of sp³-hybridized carbons (Fsp3) is 0.870. The van der Waals surface area contributed by atoms with Crippen molar-refractivity contribution >= 4 is 58.6 Å². The smallest absolute Gasteiger partial charge is 0.242 e. The minimum atomic E-state index is -1.57. The molecule has 680 valence electrons. The van der Waals surface area contributed by atoms with Crippen LogP contribution in [-0.4, -0.2) is 372 Å². The Morgan fingerprint density at radius 2 is 0.831 bits per heavy atom. The van der Waals surface area contributed by atoms with Crippen LogP contribution in [0.5, 0.6) is 0 Å². The molecule has 19 N–H and O–H groups in total. The maximum atomic E-state index is 14.8. The van der Waals surface area contributed by atoms with Crippen molar-refractivity contribution in [1.29, 1.82) is 0 Å². The predicted octanol–water partition coefficient (Wildman–Crippen LogP) is -6.10. The highest BCUT2D eigenvalue weighted by molar-refractivity contribution is 5.93. The quantitative estimate of drug-likeness (QED) is 0.0252. The summed E-state index contributed by atoms with van der Waals surface area (Å²) in [5.74, 6) is -8.24. The van der Waals surface area contributed by atoms with Gasteiger partial charge in [0.15, 0.2) is 30.9 Å². The molecule has 0 spiro atoms. The van der Waals surface area contributed by atoms with Crippen LogP contribution in [0.2, 0.25) is 0 Å². The van der Waals surface area contributed by atoms with Crippen molar-refractivity contribution in [3.05, 3.63) is 0 Å². The number of ether oxygens (including phenoxy) is 12. The zero-order chi connectivity index (χ0) is 87.0. The van der Waals surface area contributed by atoms with Gasteiger partial charge in [0.1, 0.15) is 96.5 Å². The van der Waals surface area contributed by atoms with Gasteiger partial charge in [-0.15, -0.1) is 0 Å². The first-order valence-corrected chi connectivity index (χ1v) is 41.1. The highest BCUT2D eigenvalue weighted by atomic mass is 16.7. The molecular formula is C77H132N6O35. The molecule has 4 aliphatic heterocycles. The van der Waals surface area contributed by atoms with Gasteiger partial charge >= 0.3 is 0 Å². The second-order valence-electron chi connectivity index (χ2n) is 30.7. The maximum Gasteiger partial charge on any atom is 0.242 e. The number of carbonyl (C=O) groups is 10. The summed E-state index contributed by atoms with van der Waals surface area (Å²) < 4.78 is 67.7. The highest BCUT2D eigenvalue weighted by Gasteiger charge is 2.48. The Morgan fingerprint density at radius 1 is 0.407 bits per heavy atom. The zero-order valence-electron chi connectivity index (χ0n) is 68.3. The van der Waals surface area contributed by atoms with E-state index in [4.69, 9.17) is 56.8 Å². The van der Waals surface area contributed by atoms with E-state index in [1.54, 1.807) is 13.8 Å². The molecular weight excluding hydrogens is 1570 g/mol. The van der Waals surface area contributed by atoms with Crippen LogP contribution in [-0.2, 0) is 105 Å². The lowest BCUT2D eigenvalue weighted by Gasteiger charge is -2.42. The van der Waals surface area contributed by atoms with Gasteiger partial charge in [0.25, 0.3) is 0 Å². The van der Waals surface area contributed by atoms with Crippen LogP contribution in [0.4, 0.5) is 0 Å². The van der Waals surface area contributed by atoms with E-state index in [9.17, 15) is 114 Å². The van der Waals surface area contributed by atoms with Crippen molar-refractivity contribution in [2.75, 3.05) is 119 Å². The van der Waals surface area contributed by atoms with Crippen molar-refractivity contribution in [3.8, 4) is 0 Å². The fourth-order valence-electron chi connectivity index (χ4n) is 14.5. The molecule has 4 heterocycles. The van der Waals surface area contributed by atoms with E-state index in [-0.39, 0.29) is 199 Å². The minimum Gasteiger partial charge on any atom is -0.394 e. The summed E-state index contributed by atoms with van der Waals surface area (Å²) in [6, 6.07) is -5.18. The SMILES string of the molecule is CCC1CC(O)C(CC(=O)CCCC(=O)C[C@H](CCC(=O)N[C@H](CCC(=O)NCCOCCOC2O[C@H](CO)[C@H](O)[C@H](O)[C@H]2NC(C)=O)C(=O)CCCOCCOC2O[C@H](CO)[C@H](O)[C@H](O)[C@H]2NC(C)=O)C(=O)N[C@H](CCC(=O)CCCOCCOC2O[C@H](CO)[C@H](O)[C@H](O)[C@H]2C)C(=O)NCCOCCOC2O[C@H](CO)[C@H](O)[C@H](O)[C@H]2C)C1. The predicted molar refractivity (Wildman–Crippen MR) is 407 cm³/mol. The Bertz CT molecular complexity index is 3000.